The van der Waals surface area contributed by atoms with E-state index in [2.05, 4.69) is 0 Å². The van der Waals surface area contributed by atoms with Gasteiger partial charge in [-0.05, 0) is 0 Å². The Labute approximate surface area is 92.9 Å². The lowest BCUT2D eigenvalue weighted by Gasteiger charge is -2.41. The summed E-state index contributed by atoms with van der Waals surface area (Å²) in [6, 6.07) is 0. The summed E-state index contributed by atoms with van der Waals surface area (Å²) in [6.07, 6.45) is -5.42. The van der Waals surface area contributed by atoms with Crippen molar-refractivity contribution in [2.24, 2.45) is 0 Å². The van der Waals surface area contributed by atoms with Crippen LogP contribution in [0, 0.1) is 0 Å². The molecule has 0 aromatic rings. The predicted octanol–water partition coefficient (Wildman–Crippen LogP) is -1.26. The third-order valence-electron chi connectivity index (χ3n) is 2.30. The maximum absolute atomic E-state index is 9.97. The second-order valence-corrected chi connectivity index (χ2v) is 3.19. The fraction of sp³-hybridized carbons (Fsp3) is 1.00. The largest absolute Gasteiger partial charge is 0.387 e. The smallest absolute Gasteiger partial charge is 0.184 e. The molecule has 1 saturated heterocycles. The zero-order chi connectivity index (χ0) is 13.5. The van der Waals surface area contributed by atoms with Crippen molar-refractivity contribution in [1.29, 1.82) is 0 Å². The molecule has 1 fully saturated rings. The van der Waals surface area contributed by atoms with Crippen molar-refractivity contribution < 1.29 is 33.3 Å². The van der Waals surface area contributed by atoms with Crippen molar-refractivity contribution in [2.75, 3.05) is 27.9 Å². The van der Waals surface area contributed by atoms with E-state index in [1.54, 1.807) is 0 Å². The Morgan fingerprint density at radius 3 is 2.60 bits per heavy atom. The summed E-state index contributed by atoms with van der Waals surface area (Å²) in [5.41, 5.74) is 0. The van der Waals surface area contributed by atoms with Crippen LogP contribution in [0.5, 0.6) is 0 Å². The van der Waals surface area contributed by atoms with Gasteiger partial charge in [0.05, 0.1) is 10.7 Å². The van der Waals surface area contributed by atoms with Crippen molar-refractivity contribution in [3.63, 3.8) is 0 Å². The fourth-order valence-electron chi connectivity index (χ4n) is 1.53. The summed E-state index contributed by atoms with van der Waals surface area (Å²) in [5.74, 6) is 0. The number of hydrogen-bond acceptors (Lipinski definition) is 6. The van der Waals surface area contributed by atoms with E-state index in [1.807, 2.05) is 0 Å². The van der Waals surface area contributed by atoms with E-state index in [4.69, 9.17) is 23.1 Å². The van der Waals surface area contributed by atoms with Crippen LogP contribution in [0.1, 0.15) is 4.11 Å². The first-order valence-electron chi connectivity index (χ1n) is 6.48. The summed E-state index contributed by atoms with van der Waals surface area (Å²) in [4.78, 5) is 0. The zero-order valence-corrected chi connectivity index (χ0v) is 8.24. The van der Waals surface area contributed by atoms with Gasteiger partial charge in [0.25, 0.3) is 0 Å². The highest BCUT2D eigenvalue weighted by molar-refractivity contribution is 4.90. The lowest BCUT2D eigenvalue weighted by atomic mass is 9.99. The molecule has 90 valence electrons. The number of rotatable bonds is 4. The molecule has 15 heavy (non-hydrogen) atoms. The van der Waals surface area contributed by atoms with E-state index in [1.165, 1.54) is 0 Å². The van der Waals surface area contributed by atoms with Gasteiger partial charge < -0.3 is 29.2 Å². The van der Waals surface area contributed by atoms with Crippen LogP contribution in [0.15, 0.2) is 0 Å². The Morgan fingerprint density at radius 1 is 1.20 bits per heavy atom. The van der Waals surface area contributed by atoms with Gasteiger partial charge in [0.1, 0.15) is 24.4 Å². The quantitative estimate of drug-likeness (QED) is 0.622. The number of aliphatic hydroxyl groups excluding tert-OH is 2. The fourth-order valence-corrected chi connectivity index (χ4v) is 1.53. The van der Waals surface area contributed by atoms with Gasteiger partial charge in [-0.15, -0.1) is 0 Å². The standard InChI is InChI=1S/C9H18O6/c1-12-4-5-6(10)7(13-2)8(14-3)9(11)15-5/h5-11H,4H2,1-3H3/t5-,6+,7+,8-,9?/m1/s1/i1D,2D,3D. The lowest BCUT2D eigenvalue weighted by molar-refractivity contribution is -0.296. The highest BCUT2D eigenvalue weighted by Gasteiger charge is 2.45. The highest BCUT2D eigenvalue weighted by Crippen LogP contribution is 2.23. The van der Waals surface area contributed by atoms with Gasteiger partial charge in [0.2, 0.25) is 0 Å². The minimum atomic E-state index is -1.38. The van der Waals surface area contributed by atoms with E-state index in [0.29, 0.717) is 0 Å². The van der Waals surface area contributed by atoms with Crippen LogP contribution in [-0.4, -0.2) is 68.8 Å². The van der Waals surface area contributed by atoms with Gasteiger partial charge in [-0.3, -0.25) is 0 Å². The molecule has 1 rings (SSSR count). The number of hydrogen-bond donors (Lipinski definition) is 2. The summed E-state index contributed by atoms with van der Waals surface area (Å²) in [7, 11) is -1.14. The Kier molecular flexibility index (Phi) is 3.39. The molecule has 0 bridgehead atoms. The molecule has 0 aromatic heterocycles. The van der Waals surface area contributed by atoms with Crippen molar-refractivity contribution in [3.8, 4) is 0 Å². The summed E-state index contributed by atoms with van der Waals surface area (Å²) < 4.78 is 40.6. The number of aliphatic hydroxyl groups is 2. The minimum absolute atomic E-state index is 0.0762. The first-order valence-corrected chi connectivity index (χ1v) is 4.36. The molecule has 1 unspecified atom stereocenters. The lowest BCUT2D eigenvalue weighted by Crippen LogP contribution is -2.59. The molecule has 1 heterocycles. The van der Waals surface area contributed by atoms with Gasteiger partial charge >= 0.3 is 0 Å². The summed E-state index contributed by atoms with van der Waals surface area (Å²) in [5, 5.41) is 19.7. The van der Waals surface area contributed by atoms with Crippen LogP contribution in [0.25, 0.3) is 0 Å². The normalized spacial score (nSPS) is 44.4. The maximum atomic E-state index is 9.97. The van der Waals surface area contributed by atoms with E-state index in [-0.39, 0.29) is 13.7 Å². The molecule has 1 aliphatic rings. The molecule has 0 amide bonds. The van der Waals surface area contributed by atoms with Gasteiger partial charge in [-0.1, -0.05) is 0 Å². The second kappa shape index (κ2) is 5.74. The molecule has 6 nitrogen and oxygen atoms in total. The minimum Gasteiger partial charge on any atom is -0.387 e. The predicted molar refractivity (Wildman–Crippen MR) is 50.4 cm³/mol. The average Bonchev–Trinajstić information content (AvgIpc) is 2.36. The van der Waals surface area contributed by atoms with Gasteiger partial charge in [-0.25, -0.2) is 0 Å². The van der Waals surface area contributed by atoms with Crippen molar-refractivity contribution in [2.45, 2.75) is 30.7 Å². The van der Waals surface area contributed by atoms with Crippen LogP contribution in [-0.2, 0) is 18.9 Å². The second-order valence-electron chi connectivity index (χ2n) is 3.19. The zero-order valence-electron chi connectivity index (χ0n) is 11.2. The van der Waals surface area contributed by atoms with Gasteiger partial charge in [0, 0.05) is 21.3 Å². The SMILES string of the molecule is [2H]COC[C@H]1OC(O)[C@H](OC[2H])[C@@H](OC[2H])[C@H]1O. The summed E-state index contributed by atoms with van der Waals surface area (Å²) in [6.45, 7) is -0.0762. The first-order chi connectivity index (χ1) is 8.65. The molecular weight excluding hydrogens is 204 g/mol. The third kappa shape index (κ3) is 2.66. The molecule has 5 atom stereocenters. The third-order valence-corrected chi connectivity index (χ3v) is 2.30. The van der Waals surface area contributed by atoms with Crippen LogP contribution in [0.2, 0.25) is 0 Å². The van der Waals surface area contributed by atoms with Crippen LogP contribution < -0.4 is 0 Å². The van der Waals surface area contributed by atoms with Crippen molar-refractivity contribution >= 4 is 0 Å². The molecule has 0 spiro atoms. The van der Waals surface area contributed by atoms with E-state index >= 15 is 0 Å². The monoisotopic (exact) mass is 225 g/mol. The molecule has 6 heteroatoms. The highest BCUT2D eigenvalue weighted by atomic mass is 16.7. The van der Waals surface area contributed by atoms with Crippen LogP contribution in [0.3, 0.4) is 0 Å². The summed E-state index contributed by atoms with van der Waals surface area (Å²) >= 11 is 0. The Balaban J connectivity index is 2.69. The molecule has 0 aliphatic carbocycles. The van der Waals surface area contributed by atoms with E-state index in [9.17, 15) is 10.2 Å². The number of methoxy groups -OCH3 is 3. The molecular formula is C9H18O6. The van der Waals surface area contributed by atoms with Gasteiger partial charge in [-0.2, -0.15) is 0 Å². The van der Waals surface area contributed by atoms with E-state index in [0.717, 1.165) is 0 Å². The molecule has 0 radical (unpaired) electrons. The Bertz CT molecular complexity index is 234. The Morgan fingerprint density at radius 2 is 1.93 bits per heavy atom. The van der Waals surface area contributed by atoms with Crippen LogP contribution in [0.4, 0.5) is 0 Å². The van der Waals surface area contributed by atoms with Crippen molar-refractivity contribution in [1.82, 2.24) is 0 Å². The van der Waals surface area contributed by atoms with Crippen LogP contribution >= 0.6 is 0 Å². The molecule has 0 saturated carbocycles. The molecule has 0 aromatic carbocycles. The van der Waals surface area contributed by atoms with Crippen molar-refractivity contribution in [3.05, 3.63) is 0 Å². The topological polar surface area (TPSA) is 77.4 Å². The number of ether oxygens (including phenoxy) is 4. The van der Waals surface area contributed by atoms with E-state index < -0.39 is 44.9 Å². The average molecular weight is 225 g/mol. The maximum Gasteiger partial charge on any atom is 0.184 e. The van der Waals surface area contributed by atoms with Gasteiger partial charge in [0.15, 0.2) is 6.29 Å². The molecule has 1 aliphatic heterocycles. The molecule has 2 N–H and O–H groups in total. The Hall–Kier alpha value is -0.240. The first kappa shape index (κ1) is 8.86.